The molecule has 0 radical (unpaired) electrons. The summed E-state index contributed by atoms with van der Waals surface area (Å²) in [5, 5.41) is 9.90. The third-order valence-corrected chi connectivity index (χ3v) is 3.37. The monoisotopic (exact) mass is 293 g/mol. The molecule has 2 nitrogen and oxygen atoms in total. The SMILES string of the molecule is CN(C)Cc1ccc(-c2ccc(F)cc2Cl)c(CO)c1. The molecule has 0 fully saturated rings. The predicted octanol–water partition coefficient (Wildman–Crippen LogP) is 3.70. The molecule has 4 heteroatoms. The van der Waals surface area contributed by atoms with Gasteiger partial charge in [-0.05, 0) is 49.0 Å². The van der Waals surface area contributed by atoms with Crippen molar-refractivity contribution in [2.24, 2.45) is 0 Å². The molecule has 0 saturated carbocycles. The van der Waals surface area contributed by atoms with Gasteiger partial charge in [-0.3, -0.25) is 0 Å². The Kier molecular flexibility index (Phi) is 4.76. The van der Waals surface area contributed by atoms with E-state index in [-0.39, 0.29) is 12.4 Å². The lowest BCUT2D eigenvalue weighted by Crippen LogP contribution is -2.11. The fourth-order valence-electron chi connectivity index (χ4n) is 2.21. The summed E-state index contributed by atoms with van der Waals surface area (Å²) in [4.78, 5) is 2.06. The van der Waals surface area contributed by atoms with E-state index in [9.17, 15) is 9.50 Å². The number of benzene rings is 2. The van der Waals surface area contributed by atoms with Crippen LogP contribution in [0.4, 0.5) is 4.39 Å². The van der Waals surface area contributed by atoms with Crippen LogP contribution in [0.25, 0.3) is 11.1 Å². The van der Waals surface area contributed by atoms with Crippen molar-refractivity contribution >= 4 is 11.6 Å². The van der Waals surface area contributed by atoms with Crippen LogP contribution in [-0.4, -0.2) is 24.1 Å². The maximum Gasteiger partial charge on any atom is 0.124 e. The van der Waals surface area contributed by atoms with Gasteiger partial charge in [-0.1, -0.05) is 29.8 Å². The largest absolute Gasteiger partial charge is 0.392 e. The second kappa shape index (κ2) is 6.35. The average Bonchev–Trinajstić information content (AvgIpc) is 2.38. The van der Waals surface area contributed by atoms with Crippen molar-refractivity contribution in [3.8, 4) is 11.1 Å². The molecule has 0 bridgehead atoms. The van der Waals surface area contributed by atoms with Crippen LogP contribution in [0.5, 0.6) is 0 Å². The van der Waals surface area contributed by atoms with Gasteiger partial charge in [0.25, 0.3) is 0 Å². The second-order valence-electron chi connectivity index (χ2n) is 5.01. The number of aliphatic hydroxyl groups is 1. The summed E-state index contributed by atoms with van der Waals surface area (Å²) in [7, 11) is 3.98. The first kappa shape index (κ1) is 15.0. The maximum atomic E-state index is 13.1. The van der Waals surface area contributed by atoms with Crippen LogP contribution in [0.3, 0.4) is 0 Å². The Morgan fingerprint density at radius 2 is 1.80 bits per heavy atom. The van der Waals surface area contributed by atoms with Gasteiger partial charge in [-0.2, -0.15) is 0 Å². The number of nitrogens with zero attached hydrogens (tertiary/aromatic N) is 1. The van der Waals surface area contributed by atoms with Gasteiger partial charge in [0.15, 0.2) is 0 Å². The summed E-state index contributed by atoms with van der Waals surface area (Å²) in [6, 6.07) is 10.2. The van der Waals surface area contributed by atoms with Crippen molar-refractivity contribution in [2.45, 2.75) is 13.2 Å². The zero-order valence-electron chi connectivity index (χ0n) is 11.5. The molecule has 20 heavy (non-hydrogen) atoms. The molecule has 2 aromatic carbocycles. The average molecular weight is 294 g/mol. The fourth-order valence-corrected chi connectivity index (χ4v) is 2.48. The summed E-state index contributed by atoms with van der Waals surface area (Å²) < 4.78 is 13.1. The van der Waals surface area contributed by atoms with Gasteiger partial charge >= 0.3 is 0 Å². The van der Waals surface area contributed by atoms with Crippen LogP contribution in [0, 0.1) is 5.82 Å². The fraction of sp³-hybridized carbons (Fsp3) is 0.250. The lowest BCUT2D eigenvalue weighted by Gasteiger charge is -2.14. The van der Waals surface area contributed by atoms with Crippen LogP contribution in [0.15, 0.2) is 36.4 Å². The van der Waals surface area contributed by atoms with E-state index in [1.54, 1.807) is 6.07 Å². The highest BCUT2D eigenvalue weighted by atomic mass is 35.5. The lowest BCUT2D eigenvalue weighted by atomic mass is 9.97. The van der Waals surface area contributed by atoms with Gasteiger partial charge in [0.1, 0.15) is 5.82 Å². The van der Waals surface area contributed by atoms with Gasteiger partial charge in [-0.15, -0.1) is 0 Å². The molecular weight excluding hydrogens is 277 g/mol. The normalized spacial score (nSPS) is 11.1. The molecule has 0 atom stereocenters. The molecule has 0 aliphatic rings. The van der Waals surface area contributed by atoms with Crippen LogP contribution in [0.1, 0.15) is 11.1 Å². The molecule has 0 heterocycles. The van der Waals surface area contributed by atoms with Gasteiger partial charge in [0.05, 0.1) is 11.6 Å². The molecule has 2 aromatic rings. The summed E-state index contributed by atoms with van der Waals surface area (Å²) in [6.45, 7) is 0.717. The van der Waals surface area contributed by atoms with E-state index in [0.29, 0.717) is 5.02 Å². The van der Waals surface area contributed by atoms with E-state index in [0.717, 1.165) is 28.8 Å². The van der Waals surface area contributed by atoms with Crippen molar-refractivity contribution in [3.63, 3.8) is 0 Å². The third kappa shape index (κ3) is 3.37. The second-order valence-corrected chi connectivity index (χ2v) is 5.42. The highest BCUT2D eigenvalue weighted by molar-refractivity contribution is 6.33. The molecule has 0 saturated heterocycles. The lowest BCUT2D eigenvalue weighted by molar-refractivity contribution is 0.282. The number of aliphatic hydroxyl groups excluding tert-OH is 1. The van der Waals surface area contributed by atoms with Crippen molar-refractivity contribution < 1.29 is 9.50 Å². The molecule has 0 aromatic heterocycles. The Morgan fingerprint density at radius 1 is 1.10 bits per heavy atom. The molecular formula is C16H17ClFNO. The van der Waals surface area contributed by atoms with Crippen molar-refractivity contribution in [3.05, 3.63) is 58.4 Å². The van der Waals surface area contributed by atoms with E-state index in [2.05, 4.69) is 4.90 Å². The summed E-state index contributed by atoms with van der Waals surface area (Å²) in [5.41, 5.74) is 3.47. The molecule has 0 aliphatic heterocycles. The first-order valence-corrected chi connectivity index (χ1v) is 6.72. The highest BCUT2D eigenvalue weighted by Crippen LogP contribution is 2.31. The Labute approximate surface area is 123 Å². The Bertz CT molecular complexity index is 613. The van der Waals surface area contributed by atoms with Crippen molar-refractivity contribution in [1.82, 2.24) is 4.90 Å². The van der Waals surface area contributed by atoms with Gasteiger partial charge < -0.3 is 10.0 Å². The van der Waals surface area contributed by atoms with Gasteiger partial charge in [0, 0.05) is 12.1 Å². The molecule has 0 unspecified atom stereocenters. The van der Waals surface area contributed by atoms with Crippen LogP contribution >= 0.6 is 11.6 Å². The zero-order chi connectivity index (χ0) is 14.7. The first-order chi connectivity index (χ1) is 9.51. The van der Waals surface area contributed by atoms with Crippen LogP contribution in [-0.2, 0) is 13.2 Å². The molecule has 0 spiro atoms. The molecule has 0 amide bonds. The smallest absolute Gasteiger partial charge is 0.124 e. The van der Waals surface area contributed by atoms with Gasteiger partial charge in [0.2, 0.25) is 0 Å². The number of hydrogen-bond acceptors (Lipinski definition) is 2. The highest BCUT2D eigenvalue weighted by Gasteiger charge is 2.10. The minimum absolute atomic E-state index is 0.0791. The molecule has 1 N–H and O–H groups in total. The molecule has 2 rings (SSSR count). The summed E-state index contributed by atoms with van der Waals surface area (Å²) >= 11 is 6.09. The standard InChI is InChI=1S/C16H17ClFNO/c1-19(2)9-11-3-5-14(12(7-11)10-20)15-6-4-13(18)8-16(15)17/h3-8,20H,9-10H2,1-2H3. The topological polar surface area (TPSA) is 23.5 Å². The van der Waals surface area contributed by atoms with Crippen molar-refractivity contribution in [1.29, 1.82) is 0 Å². The minimum Gasteiger partial charge on any atom is -0.392 e. The van der Waals surface area contributed by atoms with Gasteiger partial charge in [-0.25, -0.2) is 4.39 Å². The van der Waals surface area contributed by atoms with E-state index >= 15 is 0 Å². The molecule has 0 aliphatic carbocycles. The van der Waals surface area contributed by atoms with E-state index in [1.807, 2.05) is 32.3 Å². The van der Waals surface area contributed by atoms with E-state index in [4.69, 9.17) is 11.6 Å². The maximum absolute atomic E-state index is 13.1. The Balaban J connectivity index is 2.46. The minimum atomic E-state index is -0.367. The third-order valence-electron chi connectivity index (χ3n) is 3.06. The van der Waals surface area contributed by atoms with E-state index < -0.39 is 0 Å². The van der Waals surface area contributed by atoms with Crippen LogP contribution in [0.2, 0.25) is 5.02 Å². The Morgan fingerprint density at radius 3 is 2.40 bits per heavy atom. The van der Waals surface area contributed by atoms with Crippen LogP contribution < -0.4 is 0 Å². The first-order valence-electron chi connectivity index (χ1n) is 6.34. The van der Waals surface area contributed by atoms with Crippen molar-refractivity contribution in [2.75, 3.05) is 14.1 Å². The quantitative estimate of drug-likeness (QED) is 0.929. The Hall–Kier alpha value is -1.42. The number of hydrogen-bond donors (Lipinski definition) is 1. The van der Waals surface area contributed by atoms with E-state index in [1.165, 1.54) is 12.1 Å². The zero-order valence-corrected chi connectivity index (χ0v) is 12.3. The number of rotatable bonds is 4. The summed E-state index contributed by atoms with van der Waals surface area (Å²) in [6.07, 6.45) is 0. The number of halogens is 2. The predicted molar refractivity (Wildman–Crippen MR) is 80.2 cm³/mol. The summed E-state index contributed by atoms with van der Waals surface area (Å²) in [5.74, 6) is -0.367. The molecule has 106 valence electrons.